The summed E-state index contributed by atoms with van der Waals surface area (Å²) in [5.41, 5.74) is 2.34. The van der Waals surface area contributed by atoms with Crippen molar-refractivity contribution in [2.45, 2.75) is 17.3 Å². The van der Waals surface area contributed by atoms with Gasteiger partial charge in [-0.3, -0.25) is 4.79 Å². The molecule has 108 valence electrons. The summed E-state index contributed by atoms with van der Waals surface area (Å²) in [4.78, 5) is 12.5. The number of fused-ring (bicyclic) bond motifs is 1. The lowest BCUT2D eigenvalue weighted by Gasteiger charge is -2.18. The Bertz CT molecular complexity index is 704. The van der Waals surface area contributed by atoms with E-state index in [4.69, 9.17) is 0 Å². The van der Waals surface area contributed by atoms with E-state index in [-0.39, 0.29) is 16.4 Å². The van der Waals surface area contributed by atoms with Crippen LogP contribution in [0.1, 0.15) is 27.5 Å². The first-order chi connectivity index (χ1) is 10.1. The molecule has 0 bridgehead atoms. The van der Waals surface area contributed by atoms with Crippen LogP contribution in [0.15, 0.2) is 46.9 Å². The summed E-state index contributed by atoms with van der Waals surface area (Å²) in [5.74, 6) is -0.923. The lowest BCUT2D eigenvalue weighted by atomic mass is 10.1. The average molecular weight is 413 g/mol. The highest BCUT2D eigenvalue weighted by molar-refractivity contribution is 9.10. The molecular weight excluding hydrogens is 401 g/mol. The summed E-state index contributed by atoms with van der Waals surface area (Å²) in [6.07, 6.45) is 0.849. The predicted molar refractivity (Wildman–Crippen MR) is 87.2 cm³/mol. The molecule has 0 saturated carbocycles. The normalized spacial score (nSPS) is 20.1. The van der Waals surface area contributed by atoms with Gasteiger partial charge in [-0.2, -0.15) is 0 Å². The molecule has 1 aliphatic rings. The van der Waals surface area contributed by atoms with E-state index < -0.39 is 11.7 Å². The Kier molecular flexibility index (Phi) is 4.13. The Labute approximate surface area is 139 Å². The molecule has 0 fully saturated rings. The maximum atomic E-state index is 13.8. The first kappa shape index (κ1) is 14.7. The zero-order valence-electron chi connectivity index (χ0n) is 10.9. The van der Waals surface area contributed by atoms with E-state index >= 15 is 0 Å². The molecule has 2 unspecified atom stereocenters. The van der Waals surface area contributed by atoms with Gasteiger partial charge < -0.3 is 5.32 Å². The first-order valence-corrected chi connectivity index (χ1v) is 8.25. The van der Waals surface area contributed by atoms with E-state index in [0.717, 1.165) is 12.0 Å². The number of amides is 1. The van der Waals surface area contributed by atoms with Crippen molar-refractivity contribution in [2.75, 3.05) is 0 Å². The molecule has 21 heavy (non-hydrogen) atoms. The van der Waals surface area contributed by atoms with Crippen molar-refractivity contribution in [1.82, 2.24) is 5.32 Å². The average Bonchev–Trinajstić information content (AvgIpc) is 2.78. The molecule has 2 nitrogen and oxygen atoms in total. The van der Waals surface area contributed by atoms with Crippen LogP contribution in [0.5, 0.6) is 0 Å². The summed E-state index contributed by atoms with van der Waals surface area (Å²) in [7, 11) is 0. The molecule has 0 saturated heterocycles. The Balaban J connectivity index is 1.87. The van der Waals surface area contributed by atoms with Crippen LogP contribution in [0.25, 0.3) is 0 Å². The van der Waals surface area contributed by atoms with E-state index in [1.807, 2.05) is 18.2 Å². The fourth-order valence-electron chi connectivity index (χ4n) is 2.60. The van der Waals surface area contributed by atoms with Crippen LogP contribution in [0.3, 0.4) is 0 Å². The minimum atomic E-state index is -0.520. The molecule has 0 aliphatic heterocycles. The lowest BCUT2D eigenvalue weighted by molar-refractivity contribution is 0.0934. The minimum absolute atomic E-state index is 0.0495. The van der Waals surface area contributed by atoms with Crippen LogP contribution in [-0.2, 0) is 6.42 Å². The van der Waals surface area contributed by atoms with Gasteiger partial charge in [-0.15, -0.1) is 0 Å². The zero-order chi connectivity index (χ0) is 15.0. The molecular formula is C16H12Br2FNO. The summed E-state index contributed by atoms with van der Waals surface area (Å²) in [5, 5.41) is 2.92. The van der Waals surface area contributed by atoms with Crippen molar-refractivity contribution >= 4 is 37.8 Å². The van der Waals surface area contributed by atoms with Crippen LogP contribution in [0.2, 0.25) is 0 Å². The fraction of sp³-hybridized carbons (Fsp3) is 0.188. The van der Waals surface area contributed by atoms with Crippen LogP contribution in [0, 0.1) is 5.82 Å². The molecule has 0 heterocycles. The van der Waals surface area contributed by atoms with Crippen LogP contribution in [-0.4, -0.2) is 10.7 Å². The predicted octanol–water partition coefficient (Wildman–Crippen LogP) is 4.38. The summed E-state index contributed by atoms with van der Waals surface area (Å²) >= 11 is 6.86. The number of carbonyl (C=O) groups is 1. The van der Waals surface area contributed by atoms with Crippen LogP contribution < -0.4 is 5.32 Å². The van der Waals surface area contributed by atoms with Crippen molar-refractivity contribution in [2.24, 2.45) is 0 Å². The number of alkyl halides is 1. The minimum Gasteiger partial charge on any atom is -0.344 e. The number of hydrogen-bond donors (Lipinski definition) is 1. The topological polar surface area (TPSA) is 29.1 Å². The molecule has 1 N–H and O–H groups in total. The Hall–Kier alpha value is -1.20. The van der Waals surface area contributed by atoms with Gasteiger partial charge in [0.25, 0.3) is 5.91 Å². The Morgan fingerprint density at radius 1 is 1.24 bits per heavy atom. The van der Waals surface area contributed by atoms with Crippen molar-refractivity contribution in [1.29, 1.82) is 0 Å². The number of halogens is 3. The highest BCUT2D eigenvalue weighted by Gasteiger charge is 2.32. The summed E-state index contributed by atoms with van der Waals surface area (Å²) in [6, 6.07) is 12.2. The van der Waals surface area contributed by atoms with E-state index in [1.165, 1.54) is 17.7 Å². The molecule has 0 spiro atoms. The smallest absolute Gasteiger partial charge is 0.254 e. The van der Waals surface area contributed by atoms with Crippen molar-refractivity contribution in [3.63, 3.8) is 0 Å². The molecule has 1 aliphatic carbocycles. The number of rotatable bonds is 2. The van der Waals surface area contributed by atoms with E-state index in [0.29, 0.717) is 4.47 Å². The molecule has 2 aromatic carbocycles. The van der Waals surface area contributed by atoms with E-state index in [9.17, 15) is 9.18 Å². The van der Waals surface area contributed by atoms with E-state index in [1.54, 1.807) is 6.07 Å². The Morgan fingerprint density at radius 3 is 2.81 bits per heavy atom. The standard InChI is InChI=1S/C16H12Br2FNO/c17-10-5-6-14(19)12(8-10)16(21)20-15-11-4-2-1-3-9(11)7-13(15)18/h1-6,8,13,15H,7H2,(H,20,21). The number of carbonyl (C=O) groups excluding carboxylic acids is 1. The molecule has 0 radical (unpaired) electrons. The quantitative estimate of drug-likeness (QED) is 0.728. The molecule has 5 heteroatoms. The van der Waals surface area contributed by atoms with Gasteiger partial charge in [0, 0.05) is 9.30 Å². The fourth-order valence-corrected chi connectivity index (χ4v) is 3.73. The van der Waals surface area contributed by atoms with Gasteiger partial charge in [-0.1, -0.05) is 56.1 Å². The summed E-state index contributed by atoms with van der Waals surface area (Å²) < 4.78 is 14.5. The largest absolute Gasteiger partial charge is 0.344 e. The number of benzene rings is 2. The second-order valence-electron chi connectivity index (χ2n) is 4.99. The molecule has 2 atom stereocenters. The van der Waals surface area contributed by atoms with Gasteiger partial charge in [0.1, 0.15) is 5.82 Å². The van der Waals surface area contributed by atoms with Gasteiger partial charge in [0.05, 0.1) is 11.6 Å². The zero-order valence-corrected chi connectivity index (χ0v) is 14.1. The monoisotopic (exact) mass is 411 g/mol. The highest BCUT2D eigenvalue weighted by atomic mass is 79.9. The van der Waals surface area contributed by atoms with E-state index in [2.05, 4.69) is 43.2 Å². The summed E-state index contributed by atoms with van der Waals surface area (Å²) in [6.45, 7) is 0. The van der Waals surface area contributed by atoms with Crippen LogP contribution >= 0.6 is 31.9 Å². The molecule has 2 aromatic rings. The first-order valence-electron chi connectivity index (χ1n) is 6.54. The number of hydrogen-bond acceptors (Lipinski definition) is 1. The highest BCUT2D eigenvalue weighted by Crippen LogP contribution is 2.36. The van der Waals surface area contributed by atoms with Gasteiger partial charge in [0.15, 0.2) is 0 Å². The van der Waals surface area contributed by atoms with Gasteiger partial charge in [0.2, 0.25) is 0 Å². The van der Waals surface area contributed by atoms with Crippen LogP contribution in [0.4, 0.5) is 4.39 Å². The SMILES string of the molecule is O=C(NC1c2ccccc2CC1Br)c1cc(Br)ccc1F. The third-order valence-corrected chi connectivity index (χ3v) is 4.97. The Morgan fingerprint density at radius 2 is 2.00 bits per heavy atom. The molecule has 3 rings (SSSR count). The van der Waals surface area contributed by atoms with Gasteiger partial charge in [-0.25, -0.2) is 4.39 Å². The molecule has 0 aromatic heterocycles. The van der Waals surface area contributed by atoms with Gasteiger partial charge in [-0.05, 0) is 35.7 Å². The van der Waals surface area contributed by atoms with Crippen molar-refractivity contribution in [3.8, 4) is 0 Å². The molecule has 1 amide bonds. The maximum Gasteiger partial charge on any atom is 0.254 e. The van der Waals surface area contributed by atoms with Crippen molar-refractivity contribution in [3.05, 3.63) is 69.4 Å². The number of nitrogens with one attached hydrogen (secondary N) is 1. The second kappa shape index (κ2) is 5.89. The lowest BCUT2D eigenvalue weighted by Crippen LogP contribution is -2.32. The third kappa shape index (κ3) is 2.90. The van der Waals surface area contributed by atoms with Crippen molar-refractivity contribution < 1.29 is 9.18 Å². The maximum absolute atomic E-state index is 13.8. The van der Waals surface area contributed by atoms with Gasteiger partial charge >= 0.3 is 0 Å². The second-order valence-corrected chi connectivity index (χ2v) is 7.09. The third-order valence-electron chi connectivity index (χ3n) is 3.63.